The SMILES string of the molecule is CC(OS(=O)(=O)O)[N+](CCO)(CCO)CCO.CCCCCCCCCCCCCCCC(=O)O. The molecule has 0 aliphatic carbocycles. The van der Waals surface area contributed by atoms with Crippen molar-refractivity contribution in [1.29, 1.82) is 0 Å². The summed E-state index contributed by atoms with van der Waals surface area (Å²) in [6.45, 7) is 3.14. The summed E-state index contributed by atoms with van der Waals surface area (Å²) in [7, 11) is -4.62. The molecule has 0 saturated heterocycles. The molecule has 0 aromatic carbocycles. The Morgan fingerprint density at radius 3 is 1.37 bits per heavy atom. The minimum absolute atomic E-state index is 0.0950. The van der Waals surface area contributed by atoms with Gasteiger partial charge in [-0.3, -0.25) is 13.8 Å². The quantitative estimate of drug-likeness (QED) is 0.0576. The van der Waals surface area contributed by atoms with Crippen molar-refractivity contribution in [2.45, 2.75) is 110 Å². The van der Waals surface area contributed by atoms with E-state index in [9.17, 15) is 13.2 Å². The number of carboxylic acid groups (broad SMARTS) is 1. The smallest absolute Gasteiger partial charge is 0.402 e. The Hall–Kier alpha value is -0.820. The molecule has 0 radical (unpaired) electrons. The lowest BCUT2D eigenvalue weighted by Gasteiger charge is -2.40. The number of hydrogen-bond acceptors (Lipinski definition) is 7. The lowest BCUT2D eigenvalue weighted by molar-refractivity contribution is -0.966. The molecule has 0 aliphatic rings. The predicted octanol–water partition coefficient (Wildman–Crippen LogP) is 3.50. The molecule has 0 spiro atoms. The third kappa shape index (κ3) is 23.3. The zero-order chi connectivity index (χ0) is 27.0. The summed E-state index contributed by atoms with van der Waals surface area (Å²) in [6, 6.07) is 0. The summed E-state index contributed by atoms with van der Waals surface area (Å²) in [5, 5.41) is 35.4. The molecule has 35 heavy (non-hydrogen) atoms. The third-order valence-electron chi connectivity index (χ3n) is 6.16. The fraction of sp³-hybridized carbons (Fsp3) is 0.958. The first kappa shape index (κ1) is 36.3. The number of quaternary nitrogens is 1. The Kier molecular flexibility index (Phi) is 24.5. The van der Waals surface area contributed by atoms with E-state index < -0.39 is 22.6 Å². The number of aliphatic hydroxyl groups is 3. The Bertz CT molecular complexity index is 571. The number of carboxylic acids is 1. The van der Waals surface area contributed by atoms with Crippen molar-refractivity contribution in [3.63, 3.8) is 0 Å². The van der Waals surface area contributed by atoms with Crippen molar-refractivity contribution >= 4 is 16.4 Å². The molecular formula is C24H52NO9S+. The van der Waals surface area contributed by atoms with Gasteiger partial charge in [-0.05, 0) is 6.42 Å². The first-order valence-electron chi connectivity index (χ1n) is 13.1. The lowest BCUT2D eigenvalue weighted by atomic mass is 10.0. The largest absolute Gasteiger partial charge is 0.481 e. The van der Waals surface area contributed by atoms with Gasteiger partial charge < -0.3 is 20.4 Å². The van der Waals surface area contributed by atoms with Gasteiger partial charge in [-0.15, -0.1) is 0 Å². The van der Waals surface area contributed by atoms with E-state index in [-0.39, 0.29) is 43.9 Å². The van der Waals surface area contributed by atoms with E-state index in [1.165, 1.54) is 77.6 Å². The molecule has 0 fully saturated rings. The van der Waals surface area contributed by atoms with Crippen molar-refractivity contribution in [3.8, 4) is 0 Å². The standard InChI is InChI=1S/C16H32O2.C8H19NO7S/c1-2-3-4-5-6-7-8-9-10-11-12-13-14-15-16(17)18;1-8(16-17(13,14)15)9(2-5-10,3-6-11)4-7-12/h2-15H2,1H3,(H,17,18);8,10-12H,2-7H2,1H3/p+1. The Morgan fingerprint density at radius 2 is 1.09 bits per heavy atom. The van der Waals surface area contributed by atoms with E-state index in [2.05, 4.69) is 11.1 Å². The van der Waals surface area contributed by atoms with Gasteiger partial charge in [0.15, 0.2) is 0 Å². The van der Waals surface area contributed by atoms with Crippen LogP contribution in [-0.2, 0) is 19.4 Å². The van der Waals surface area contributed by atoms with Crippen molar-refractivity contribution in [2.75, 3.05) is 39.5 Å². The van der Waals surface area contributed by atoms with Gasteiger partial charge in [-0.2, -0.15) is 12.6 Å². The minimum atomic E-state index is -4.62. The van der Waals surface area contributed by atoms with E-state index in [0.29, 0.717) is 6.42 Å². The van der Waals surface area contributed by atoms with Gasteiger partial charge in [0.2, 0.25) is 6.23 Å². The number of carbonyl (C=O) groups is 1. The monoisotopic (exact) mass is 530 g/mol. The normalized spacial score (nSPS) is 12.7. The van der Waals surface area contributed by atoms with Crippen LogP contribution in [0.1, 0.15) is 104 Å². The van der Waals surface area contributed by atoms with Gasteiger partial charge >= 0.3 is 16.4 Å². The summed E-state index contributed by atoms with van der Waals surface area (Å²) in [6.07, 6.45) is 16.3. The second-order valence-electron chi connectivity index (χ2n) is 9.07. The Morgan fingerprint density at radius 1 is 0.743 bits per heavy atom. The van der Waals surface area contributed by atoms with Crippen LogP contribution in [0.5, 0.6) is 0 Å². The molecule has 0 rings (SSSR count). The van der Waals surface area contributed by atoms with Crippen molar-refractivity contribution < 1.29 is 46.9 Å². The van der Waals surface area contributed by atoms with Gasteiger partial charge in [-0.1, -0.05) is 84.0 Å². The summed E-state index contributed by atoms with van der Waals surface area (Å²) in [4.78, 5) is 10.3. The second-order valence-corrected chi connectivity index (χ2v) is 10.1. The van der Waals surface area contributed by atoms with Crippen molar-refractivity contribution in [2.24, 2.45) is 0 Å². The summed E-state index contributed by atoms with van der Waals surface area (Å²) in [5.41, 5.74) is 0. The number of rotatable bonds is 23. The molecule has 0 amide bonds. The average Bonchev–Trinajstić information content (AvgIpc) is 2.76. The fourth-order valence-corrected chi connectivity index (χ4v) is 4.57. The second kappa shape index (κ2) is 23.6. The van der Waals surface area contributed by atoms with Crippen LogP contribution in [-0.4, -0.2) is 89.5 Å². The highest BCUT2D eigenvalue weighted by molar-refractivity contribution is 7.80. The Balaban J connectivity index is 0. The number of aliphatic carboxylic acids is 1. The van der Waals surface area contributed by atoms with Crippen LogP contribution in [0.2, 0.25) is 0 Å². The molecule has 11 heteroatoms. The maximum atomic E-state index is 10.6. The topological polar surface area (TPSA) is 162 Å². The molecule has 0 aromatic heterocycles. The van der Waals surface area contributed by atoms with E-state index in [4.69, 9.17) is 25.0 Å². The van der Waals surface area contributed by atoms with Crippen LogP contribution < -0.4 is 0 Å². The zero-order valence-corrected chi connectivity index (χ0v) is 22.8. The van der Waals surface area contributed by atoms with Crippen LogP contribution in [0.15, 0.2) is 0 Å². The molecule has 0 aliphatic heterocycles. The van der Waals surface area contributed by atoms with Crippen LogP contribution in [0.25, 0.3) is 0 Å². The highest BCUT2D eigenvalue weighted by atomic mass is 32.3. The highest BCUT2D eigenvalue weighted by Gasteiger charge is 2.36. The van der Waals surface area contributed by atoms with Gasteiger partial charge in [0, 0.05) is 13.3 Å². The van der Waals surface area contributed by atoms with E-state index >= 15 is 0 Å². The molecule has 0 aromatic rings. The Labute approximate surface area is 212 Å². The molecule has 0 saturated carbocycles. The number of hydrogen-bond donors (Lipinski definition) is 5. The molecule has 5 N–H and O–H groups in total. The zero-order valence-electron chi connectivity index (χ0n) is 21.9. The van der Waals surface area contributed by atoms with Gasteiger partial charge in [-0.25, -0.2) is 0 Å². The van der Waals surface area contributed by atoms with Gasteiger partial charge in [0.25, 0.3) is 0 Å². The van der Waals surface area contributed by atoms with Crippen LogP contribution in [0.3, 0.4) is 0 Å². The fourth-order valence-electron chi connectivity index (χ4n) is 4.04. The van der Waals surface area contributed by atoms with E-state index in [1.54, 1.807) is 0 Å². The molecule has 212 valence electrons. The van der Waals surface area contributed by atoms with Crippen LogP contribution in [0.4, 0.5) is 0 Å². The molecule has 1 atom stereocenters. The maximum absolute atomic E-state index is 10.6. The predicted molar refractivity (Wildman–Crippen MR) is 136 cm³/mol. The molecule has 0 bridgehead atoms. The van der Waals surface area contributed by atoms with Crippen molar-refractivity contribution in [3.05, 3.63) is 0 Å². The molecule has 10 nitrogen and oxygen atoms in total. The molecular weight excluding hydrogens is 478 g/mol. The number of aliphatic hydroxyl groups excluding tert-OH is 3. The molecule has 1 unspecified atom stereocenters. The first-order valence-corrected chi connectivity index (χ1v) is 14.5. The highest BCUT2D eigenvalue weighted by Crippen LogP contribution is 2.16. The van der Waals surface area contributed by atoms with Crippen molar-refractivity contribution in [1.82, 2.24) is 0 Å². The van der Waals surface area contributed by atoms with E-state index in [0.717, 1.165) is 12.8 Å². The third-order valence-corrected chi connectivity index (χ3v) is 6.68. The first-order chi connectivity index (χ1) is 16.6. The van der Waals surface area contributed by atoms with Gasteiger partial charge in [0.1, 0.15) is 19.6 Å². The summed E-state index contributed by atoms with van der Waals surface area (Å²) in [5.74, 6) is -0.655. The number of nitrogens with zero attached hydrogens (tertiary/aromatic N) is 1. The summed E-state index contributed by atoms with van der Waals surface area (Å²) >= 11 is 0. The summed E-state index contributed by atoms with van der Waals surface area (Å²) < 4.78 is 34.1. The van der Waals surface area contributed by atoms with Crippen LogP contribution >= 0.6 is 0 Å². The van der Waals surface area contributed by atoms with Crippen LogP contribution in [0, 0.1) is 0 Å². The minimum Gasteiger partial charge on any atom is -0.481 e. The number of unbranched alkanes of at least 4 members (excludes halogenated alkanes) is 12. The maximum Gasteiger partial charge on any atom is 0.402 e. The van der Waals surface area contributed by atoms with Gasteiger partial charge in [0.05, 0.1) is 19.8 Å². The molecule has 0 heterocycles. The van der Waals surface area contributed by atoms with E-state index in [1.807, 2.05) is 0 Å². The lowest BCUT2D eigenvalue weighted by Crippen LogP contribution is -2.59. The average molecular weight is 531 g/mol.